The Bertz CT molecular complexity index is 962. The number of amides is 1. The zero-order valence-corrected chi connectivity index (χ0v) is 18.8. The molecule has 1 aromatic carbocycles. The lowest BCUT2D eigenvalue weighted by Crippen LogP contribution is -2.50. The molecule has 1 aliphatic rings. The Balaban J connectivity index is 1.57. The Labute approximate surface area is 174 Å². The van der Waals surface area contributed by atoms with Crippen molar-refractivity contribution in [1.82, 2.24) is 19.0 Å². The zero-order chi connectivity index (χ0) is 20.5. The van der Waals surface area contributed by atoms with Crippen LogP contribution in [0.3, 0.4) is 0 Å². The van der Waals surface area contributed by atoms with Crippen LogP contribution >= 0.6 is 15.9 Å². The number of carbonyl (C=O) groups excluding carboxylic acids is 1. The van der Waals surface area contributed by atoms with Crippen molar-refractivity contribution in [2.45, 2.75) is 31.6 Å². The molecule has 0 atom stereocenters. The van der Waals surface area contributed by atoms with Crippen LogP contribution < -0.4 is 0 Å². The lowest BCUT2D eigenvalue weighted by Gasteiger charge is -2.34. The Morgan fingerprint density at radius 2 is 1.71 bits per heavy atom. The van der Waals surface area contributed by atoms with Gasteiger partial charge in [0, 0.05) is 49.8 Å². The second kappa shape index (κ2) is 8.34. The van der Waals surface area contributed by atoms with Crippen molar-refractivity contribution in [3.63, 3.8) is 0 Å². The van der Waals surface area contributed by atoms with E-state index in [1.165, 1.54) is 4.31 Å². The SMILES string of the molecule is Cc1nn(C)c(C)c1CCC(=O)N1CCN(S(=O)(=O)c2ccc(Br)cc2)CC1. The van der Waals surface area contributed by atoms with E-state index in [-0.39, 0.29) is 10.8 Å². The van der Waals surface area contributed by atoms with E-state index in [1.54, 1.807) is 29.2 Å². The summed E-state index contributed by atoms with van der Waals surface area (Å²) in [6.45, 7) is 5.42. The molecular weight excluding hydrogens is 444 g/mol. The minimum atomic E-state index is -3.53. The Hall–Kier alpha value is -1.71. The van der Waals surface area contributed by atoms with Crippen molar-refractivity contribution in [1.29, 1.82) is 0 Å². The summed E-state index contributed by atoms with van der Waals surface area (Å²) >= 11 is 3.32. The third-order valence-corrected chi connectivity index (χ3v) is 7.73. The molecule has 152 valence electrons. The molecule has 0 aliphatic carbocycles. The molecule has 9 heteroatoms. The Morgan fingerprint density at radius 1 is 1.11 bits per heavy atom. The van der Waals surface area contributed by atoms with Gasteiger partial charge in [0.2, 0.25) is 15.9 Å². The van der Waals surface area contributed by atoms with Gasteiger partial charge in [-0.25, -0.2) is 8.42 Å². The average Bonchev–Trinajstić information content (AvgIpc) is 2.92. The number of halogens is 1. The second-order valence-electron chi connectivity index (χ2n) is 7.01. The quantitative estimate of drug-likeness (QED) is 0.674. The minimum absolute atomic E-state index is 0.0587. The van der Waals surface area contributed by atoms with Crippen LogP contribution in [0.1, 0.15) is 23.4 Å². The fourth-order valence-corrected chi connectivity index (χ4v) is 5.19. The van der Waals surface area contributed by atoms with Gasteiger partial charge in [0.25, 0.3) is 0 Å². The monoisotopic (exact) mass is 468 g/mol. The molecule has 0 N–H and O–H groups in total. The Kier molecular flexibility index (Phi) is 6.26. The summed E-state index contributed by atoms with van der Waals surface area (Å²) in [5.74, 6) is 0.0587. The maximum Gasteiger partial charge on any atom is 0.243 e. The van der Waals surface area contributed by atoms with Gasteiger partial charge in [-0.2, -0.15) is 9.40 Å². The molecule has 0 unspecified atom stereocenters. The van der Waals surface area contributed by atoms with Crippen LogP contribution in [-0.2, 0) is 28.3 Å². The largest absolute Gasteiger partial charge is 0.340 e. The molecule has 1 aromatic heterocycles. The highest BCUT2D eigenvalue weighted by Crippen LogP contribution is 2.21. The van der Waals surface area contributed by atoms with Crippen LogP contribution in [0.15, 0.2) is 33.6 Å². The van der Waals surface area contributed by atoms with E-state index >= 15 is 0 Å². The molecule has 0 radical (unpaired) electrons. The minimum Gasteiger partial charge on any atom is -0.340 e. The van der Waals surface area contributed by atoms with Crippen LogP contribution in [0.5, 0.6) is 0 Å². The number of hydrogen-bond donors (Lipinski definition) is 0. The summed E-state index contributed by atoms with van der Waals surface area (Å²) in [6, 6.07) is 6.62. The summed E-state index contributed by atoms with van der Waals surface area (Å²) in [7, 11) is -1.63. The highest BCUT2D eigenvalue weighted by atomic mass is 79.9. The molecule has 3 rings (SSSR count). The van der Waals surface area contributed by atoms with Crippen LogP contribution in [-0.4, -0.2) is 59.5 Å². The summed E-state index contributed by atoms with van der Waals surface area (Å²) in [4.78, 5) is 14.6. The maximum atomic E-state index is 12.8. The molecule has 0 bridgehead atoms. The molecule has 1 saturated heterocycles. The van der Waals surface area contributed by atoms with E-state index in [1.807, 2.05) is 25.6 Å². The number of aryl methyl sites for hydroxylation is 2. The first-order valence-corrected chi connectivity index (χ1v) is 11.5. The van der Waals surface area contributed by atoms with Crippen molar-refractivity contribution in [3.8, 4) is 0 Å². The number of piperazine rings is 1. The van der Waals surface area contributed by atoms with Gasteiger partial charge >= 0.3 is 0 Å². The molecule has 1 fully saturated rings. The molecular formula is C19H25BrN4O3S. The summed E-state index contributed by atoms with van der Waals surface area (Å²) in [5, 5.41) is 4.39. The zero-order valence-electron chi connectivity index (χ0n) is 16.4. The smallest absolute Gasteiger partial charge is 0.243 e. The number of nitrogens with zero attached hydrogens (tertiary/aromatic N) is 4. The topological polar surface area (TPSA) is 75.5 Å². The summed E-state index contributed by atoms with van der Waals surface area (Å²) in [5.41, 5.74) is 3.15. The first kappa shape index (κ1) is 21.0. The number of sulfonamides is 1. The predicted molar refractivity (Wildman–Crippen MR) is 110 cm³/mol. The normalized spacial score (nSPS) is 15.8. The van der Waals surface area contributed by atoms with Gasteiger partial charge in [-0.05, 0) is 50.1 Å². The molecule has 0 spiro atoms. The summed E-state index contributed by atoms with van der Waals surface area (Å²) in [6.07, 6.45) is 1.06. The Morgan fingerprint density at radius 3 is 2.25 bits per heavy atom. The first-order valence-electron chi connectivity index (χ1n) is 9.22. The van der Waals surface area contributed by atoms with E-state index < -0.39 is 10.0 Å². The number of carbonyl (C=O) groups is 1. The highest BCUT2D eigenvalue weighted by Gasteiger charge is 2.30. The fourth-order valence-electron chi connectivity index (χ4n) is 3.50. The third kappa shape index (κ3) is 4.31. The van der Waals surface area contributed by atoms with E-state index in [0.717, 1.165) is 21.4 Å². The van der Waals surface area contributed by atoms with Crippen molar-refractivity contribution >= 4 is 31.9 Å². The molecule has 1 amide bonds. The van der Waals surface area contributed by atoms with Crippen LogP contribution in [0.4, 0.5) is 0 Å². The van der Waals surface area contributed by atoms with Crippen molar-refractivity contribution in [2.24, 2.45) is 7.05 Å². The van der Waals surface area contributed by atoms with Crippen molar-refractivity contribution < 1.29 is 13.2 Å². The van der Waals surface area contributed by atoms with E-state index in [4.69, 9.17) is 0 Å². The van der Waals surface area contributed by atoms with E-state index in [2.05, 4.69) is 21.0 Å². The maximum absolute atomic E-state index is 12.8. The van der Waals surface area contributed by atoms with Gasteiger partial charge in [0.1, 0.15) is 0 Å². The van der Waals surface area contributed by atoms with Gasteiger partial charge in [-0.15, -0.1) is 0 Å². The lowest BCUT2D eigenvalue weighted by atomic mass is 10.1. The van der Waals surface area contributed by atoms with Gasteiger partial charge in [0.05, 0.1) is 10.6 Å². The standard InChI is InChI=1S/C19H25BrN4O3S/c1-14-18(15(2)22(3)21-14)8-9-19(25)23-10-12-24(13-11-23)28(26,27)17-6-4-16(20)5-7-17/h4-7H,8-13H2,1-3H3. The third-order valence-electron chi connectivity index (χ3n) is 5.29. The van der Waals surface area contributed by atoms with Crippen molar-refractivity contribution in [2.75, 3.05) is 26.2 Å². The molecule has 28 heavy (non-hydrogen) atoms. The first-order chi connectivity index (χ1) is 13.2. The average molecular weight is 469 g/mol. The molecule has 2 heterocycles. The van der Waals surface area contributed by atoms with Gasteiger partial charge < -0.3 is 4.90 Å². The van der Waals surface area contributed by atoms with Crippen LogP contribution in [0, 0.1) is 13.8 Å². The molecule has 2 aromatic rings. The van der Waals surface area contributed by atoms with Crippen molar-refractivity contribution in [3.05, 3.63) is 45.7 Å². The van der Waals surface area contributed by atoms with Crippen LogP contribution in [0.25, 0.3) is 0 Å². The number of hydrogen-bond acceptors (Lipinski definition) is 4. The molecule has 0 saturated carbocycles. The van der Waals surface area contributed by atoms with Gasteiger partial charge in [-0.1, -0.05) is 15.9 Å². The van der Waals surface area contributed by atoms with Gasteiger partial charge in [-0.3, -0.25) is 9.48 Å². The predicted octanol–water partition coefficient (Wildman–Crippen LogP) is 2.27. The number of benzene rings is 1. The number of rotatable bonds is 5. The van der Waals surface area contributed by atoms with E-state index in [0.29, 0.717) is 39.0 Å². The van der Waals surface area contributed by atoms with Crippen LogP contribution in [0.2, 0.25) is 0 Å². The van der Waals surface area contributed by atoms with Gasteiger partial charge in [0.15, 0.2) is 0 Å². The summed E-state index contributed by atoms with van der Waals surface area (Å²) < 4.78 is 29.6. The fraction of sp³-hybridized carbons (Fsp3) is 0.474. The second-order valence-corrected chi connectivity index (χ2v) is 9.87. The number of aromatic nitrogens is 2. The molecule has 7 nitrogen and oxygen atoms in total. The lowest BCUT2D eigenvalue weighted by molar-refractivity contribution is -0.132. The highest BCUT2D eigenvalue weighted by molar-refractivity contribution is 9.10. The molecule has 1 aliphatic heterocycles. The van der Waals surface area contributed by atoms with E-state index in [9.17, 15) is 13.2 Å².